The van der Waals surface area contributed by atoms with Crippen LogP contribution >= 0.6 is 0 Å². The Labute approximate surface area is 177 Å². The molecule has 0 fully saturated rings. The van der Waals surface area contributed by atoms with E-state index in [1.807, 2.05) is 12.1 Å². The largest absolute Gasteiger partial charge is 1.00 e. The van der Waals surface area contributed by atoms with Crippen molar-refractivity contribution in [3.63, 3.8) is 0 Å². The molecule has 0 amide bonds. The summed E-state index contributed by atoms with van der Waals surface area (Å²) in [6.07, 6.45) is 0. The minimum atomic E-state index is 0. The monoisotopic (exact) mass is 475 g/mol. The Kier molecular flexibility index (Phi) is 6.22. The highest BCUT2D eigenvalue weighted by Gasteiger charge is 2.24. The summed E-state index contributed by atoms with van der Waals surface area (Å²) in [6, 6.07) is 16.8. The van der Waals surface area contributed by atoms with Gasteiger partial charge in [-0.2, -0.15) is 4.57 Å². The molecule has 4 rings (SSSR count). The van der Waals surface area contributed by atoms with E-state index >= 15 is 0 Å². The Morgan fingerprint density at radius 3 is 2.37 bits per heavy atom. The number of para-hydroxylation sites is 2. The van der Waals surface area contributed by atoms with Gasteiger partial charge >= 0.3 is 0 Å². The second kappa shape index (κ2) is 8.44. The van der Waals surface area contributed by atoms with Gasteiger partial charge in [-0.15, -0.1) is 0 Å². The lowest BCUT2D eigenvalue weighted by Gasteiger charge is -2.18. The molecular weight excluding hydrogens is 449 g/mol. The van der Waals surface area contributed by atoms with Crippen molar-refractivity contribution in [2.75, 3.05) is 31.5 Å². The Morgan fingerprint density at radius 1 is 0.963 bits per heavy atom. The molecule has 4 aromatic rings. The molecule has 0 bridgehead atoms. The van der Waals surface area contributed by atoms with Crippen molar-refractivity contribution in [3.8, 4) is 0 Å². The summed E-state index contributed by atoms with van der Waals surface area (Å²) in [5.74, 6) is 0. The van der Waals surface area contributed by atoms with Gasteiger partial charge in [0.2, 0.25) is 11.1 Å². The molecule has 1 N–H and O–H groups in total. The Morgan fingerprint density at radius 2 is 1.63 bits per heavy atom. The van der Waals surface area contributed by atoms with E-state index in [-0.39, 0.29) is 24.0 Å². The highest BCUT2D eigenvalue weighted by molar-refractivity contribution is 6.11. The van der Waals surface area contributed by atoms with E-state index < -0.39 is 0 Å². The van der Waals surface area contributed by atoms with Crippen LogP contribution in [0.5, 0.6) is 0 Å². The van der Waals surface area contributed by atoms with E-state index in [0.29, 0.717) is 0 Å². The highest BCUT2D eigenvalue weighted by Crippen LogP contribution is 2.35. The molecule has 0 spiro atoms. The molecule has 0 aliphatic rings. The van der Waals surface area contributed by atoms with E-state index in [1.165, 1.54) is 10.9 Å². The smallest absolute Gasteiger partial charge is 0.261 e. The second-order valence-electron chi connectivity index (χ2n) is 6.68. The molecule has 5 heteroatoms. The van der Waals surface area contributed by atoms with Gasteiger partial charge in [0.25, 0.3) is 5.52 Å². The molecular formula is C22H26IN3O. The van der Waals surface area contributed by atoms with Gasteiger partial charge in [-0.1, -0.05) is 38.1 Å². The fourth-order valence-electron chi connectivity index (χ4n) is 3.81. The summed E-state index contributed by atoms with van der Waals surface area (Å²) in [4.78, 5) is 2.42. The van der Waals surface area contributed by atoms with Crippen molar-refractivity contribution < 1.29 is 33.0 Å². The van der Waals surface area contributed by atoms with Crippen molar-refractivity contribution in [1.82, 2.24) is 4.90 Å². The standard InChI is InChI=1S/C22H25N3O.HI/c1-4-25(5-2)15-14-23-20-16-10-6-8-12-18(16)24(3)21-17-11-7-9-13-19(17)26-22(20)21;/h6-13H,4-5,14-15H2,1-3H3;1H. The van der Waals surface area contributed by atoms with Gasteiger partial charge < -0.3 is 38.6 Å². The fraction of sp³-hybridized carbons (Fsp3) is 0.318. The van der Waals surface area contributed by atoms with Crippen LogP contribution in [0.1, 0.15) is 13.8 Å². The lowest BCUT2D eigenvalue weighted by atomic mass is 10.1. The molecule has 0 aliphatic heterocycles. The Bertz CT molecular complexity index is 1070. The first-order chi connectivity index (χ1) is 12.7. The number of hydrogen-bond acceptors (Lipinski definition) is 3. The van der Waals surface area contributed by atoms with Crippen molar-refractivity contribution in [1.29, 1.82) is 0 Å². The minimum Gasteiger partial charge on any atom is -1.00 e. The van der Waals surface area contributed by atoms with Gasteiger partial charge in [0, 0.05) is 19.2 Å². The van der Waals surface area contributed by atoms with E-state index in [1.54, 1.807) is 0 Å². The number of nitrogens with zero attached hydrogens (tertiary/aromatic N) is 2. The Balaban J connectivity index is 0.00000210. The zero-order chi connectivity index (χ0) is 18.1. The summed E-state index contributed by atoms with van der Waals surface area (Å²) in [7, 11) is 2.12. The molecule has 0 unspecified atom stereocenters. The maximum absolute atomic E-state index is 6.29. The average Bonchev–Trinajstić information content (AvgIpc) is 3.07. The highest BCUT2D eigenvalue weighted by atomic mass is 127. The average molecular weight is 475 g/mol. The second-order valence-corrected chi connectivity index (χ2v) is 6.68. The molecule has 0 aliphatic carbocycles. The maximum atomic E-state index is 6.29. The van der Waals surface area contributed by atoms with E-state index in [9.17, 15) is 0 Å². The SMILES string of the molecule is CCN(CC)CCNc1c2ccccc2[n+](C)c2c1oc1ccccc12.[I-]. The van der Waals surface area contributed by atoms with Gasteiger partial charge in [0.05, 0.1) is 16.5 Å². The van der Waals surface area contributed by atoms with Gasteiger partial charge in [0.15, 0.2) is 0 Å². The van der Waals surface area contributed by atoms with Crippen molar-refractivity contribution in [3.05, 3.63) is 48.5 Å². The normalized spacial score (nSPS) is 11.4. The van der Waals surface area contributed by atoms with Crippen molar-refractivity contribution >= 4 is 38.7 Å². The molecule has 0 radical (unpaired) electrons. The molecule has 0 atom stereocenters. The third-order valence-corrected chi connectivity index (χ3v) is 5.29. The molecule has 27 heavy (non-hydrogen) atoms. The van der Waals surface area contributed by atoms with Crippen LogP contribution in [0.25, 0.3) is 33.0 Å². The molecule has 0 saturated carbocycles. The zero-order valence-electron chi connectivity index (χ0n) is 16.1. The first-order valence-corrected chi connectivity index (χ1v) is 9.42. The van der Waals surface area contributed by atoms with Crippen molar-refractivity contribution in [2.45, 2.75) is 13.8 Å². The van der Waals surface area contributed by atoms with Gasteiger partial charge in [-0.05, 0) is 31.3 Å². The number of hydrogen-bond donors (Lipinski definition) is 1. The lowest BCUT2D eigenvalue weighted by molar-refractivity contribution is -0.616. The zero-order valence-corrected chi connectivity index (χ0v) is 18.3. The molecule has 142 valence electrons. The fourth-order valence-corrected chi connectivity index (χ4v) is 3.81. The summed E-state index contributed by atoms with van der Waals surface area (Å²) in [5, 5.41) is 6.02. The number of pyridine rings is 1. The number of nitrogens with one attached hydrogen (secondary N) is 1. The Hall–Kier alpha value is -1.86. The quantitative estimate of drug-likeness (QED) is 0.338. The molecule has 2 aromatic carbocycles. The lowest BCUT2D eigenvalue weighted by Crippen LogP contribution is -3.00. The van der Waals surface area contributed by atoms with E-state index in [2.05, 4.69) is 72.1 Å². The van der Waals surface area contributed by atoms with Crippen LogP contribution in [-0.2, 0) is 7.05 Å². The van der Waals surface area contributed by atoms with Gasteiger partial charge in [-0.3, -0.25) is 0 Å². The van der Waals surface area contributed by atoms with Crippen LogP contribution in [0.4, 0.5) is 5.69 Å². The molecule has 2 heterocycles. The number of fused-ring (bicyclic) bond motifs is 4. The van der Waals surface area contributed by atoms with Crippen LogP contribution in [-0.4, -0.2) is 31.1 Å². The van der Waals surface area contributed by atoms with Crippen LogP contribution in [0, 0.1) is 0 Å². The van der Waals surface area contributed by atoms with Gasteiger partial charge in [0.1, 0.15) is 12.6 Å². The predicted octanol–water partition coefficient (Wildman–Crippen LogP) is 1.32. The first kappa shape index (κ1) is 19.9. The number of benzene rings is 2. The maximum Gasteiger partial charge on any atom is 0.261 e. The summed E-state index contributed by atoms with van der Waals surface area (Å²) >= 11 is 0. The molecule has 2 aromatic heterocycles. The topological polar surface area (TPSA) is 32.3 Å². The summed E-state index contributed by atoms with van der Waals surface area (Å²) < 4.78 is 8.53. The number of furan rings is 1. The minimum absolute atomic E-state index is 0. The third kappa shape index (κ3) is 3.50. The number of aryl methyl sites for hydroxylation is 1. The molecule has 4 nitrogen and oxygen atoms in total. The number of halogens is 1. The van der Waals surface area contributed by atoms with Crippen LogP contribution in [0.15, 0.2) is 52.9 Å². The summed E-state index contributed by atoms with van der Waals surface area (Å²) in [6.45, 7) is 8.47. The van der Waals surface area contributed by atoms with Crippen LogP contribution < -0.4 is 33.9 Å². The van der Waals surface area contributed by atoms with Gasteiger partial charge in [-0.25, -0.2) is 0 Å². The number of aromatic nitrogens is 1. The van der Waals surface area contributed by atoms with Crippen LogP contribution in [0.2, 0.25) is 0 Å². The molecule has 0 saturated heterocycles. The van der Waals surface area contributed by atoms with E-state index in [4.69, 9.17) is 4.42 Å². The number of likely N-dealkylation sites (N-methyl/N-ethyl adjacent to an activating group) is 1. The number of anilines is 1. The summed E-state index contributed by atoms with van der Waals surface area (Å²) in [5.41, 5.74) is 5.31. The van der Waals surface area contributed by atoms with E-state index in [0.717, 1.165) is 53.9 Å². The first-order valence-electron chi connectivity index (χ1n) is 9.42. The number of rotatable bonds is 6. The van der Waals surface area contributed by atoms with Crippen molar-refractivity contribution in [2.24, 2.45) is 7.05 Å². The predicted molar refractivity (Wildman–Crippen MR) is 109 cm³/mol. The third-order valence-electron chi connectivity index (χ3n) is 5.29. The van der Waals surface area contributed by atoms with Crippen LogP contribution in [0.3, 0.4) is 0 Å².